The number of aliphatic imine (C=N–C) groups is 1. The van der Waals surface area contributed by atoms with Gasteiger partial charge in [-0.1, -0.05) is 48.5 Å². The topological polar surface area (TPSA) is 291 Å². The lowest BCUT2D eigenvalue weighted by molar-refractivity contribution is -0.278. The Morgan fingerprint density at radius 3 is 2.27 bits per heavy atom. The highest BCUT2D eigenvalue weighted by atomic mass is 16.7. The summed E-state index contributed by atoms with van der Waals surface area (Å²) in [5, 5.41) is 64.2. The van der Waals surface area contributed by atoms with Gasteiger partial charge in [0, 0.05) is 53.3 Å². The van der Waals surface area contributed by atoms with Crippen LogP contribution in [-0.4, -0.2) is 111 Å². The SMILES string of the molecule is CC(=O)Oc1cc(CO)c2c(c1/C=C/c1cccc(CCO)c1)C(=O)c1cc(O[C@H]3O[C@@H](C)[C@@H](O)[C@@H](O)[C@H]3OCCN=C(N)N)c(Cc3cccc(CO)c3C=O)c(O)c1C2=O. The minimum absolute atomic E-state index is 0.00206. The van der Waals surface area contributed by atoms with Crippen LogP contribution < -0.4 is 20.9 Å². The van der Waals surface area contributed by atoms with E-state index in [2.05, 4.69) is 4.99 Å². The van der Waals surface area contributed by atoms with Crippen LogP contribution in [0.3, 0.4) is 0 Å². The van der Waals surface area contributed by atoms with Crippen molar-refractivity contribution in [3.63, 3.8) is 0 Å². The molecule has 10 N–H and O–H groups in total. The number of phenolic OH excluding ortho intramolecular Hbond substituents is 1. The van der Waals surface area contributed by atoms with Crippen LogP contribution in [0.1, 0.15) is 95.0 Å². The number of benzene rings is 4. The number of fused-ring (bicyclic) bond motifs is 2. The van der Waals surface area contributed by atoms with Gasteiger partial charge in [0.25, 0.3) is 0 Å². The highest BCUT2D eigenvalue weighted by Crippen LogP contribution is 2.45. The van der Waals surface area contributed by atoms with Gasteiger partial charge >= 0.3 is 5.97 Å². The van der Waals surface area contributed by atoms with Crippen LogP contribution >= 0.6 is 0 Å². The van der Waals surface area contributed by atoms with Gasteiger partial charge in [-0.2, -0.15) is 0 Å². The molecule has 0 unspecified atom stereocenters. The molecule has 6 rings (SSSR count). The lowest BCUT2D eigenvalue weighted by Crippen LogP contribution is -2.59. The smallest absolute Gasteiger partial charge is 0.308 e. The summed E-state index contributed by atoms with van der Waals surface area (Å²) in [6, 6.07) is 14.3. The highest BCUT2D eigenvalue weighted by molar-refractivity contribution is 6.31. The van der Waals surface area contributed by atoms with Crippen LogP contribution in [0.15, 0.2) is 59.6 Å². The molecule has 62 heavy (non-hydrogen) atoms. The normalized spacial score (nSPS) is 19.5. The van der Waals surface area contributed by atoms with Crippen LogP contribution in [0, 0.1) is 0 Å². The molecular weight excluding hydrogens is 807 g/mol. The number of aldehydes is 1. The number of carbonyl (C=O) groups excluding carboxylic acids is 4. The average Bonchev–Trinajstić information content (AvgIpc) is 3.24. The Morgan fingerprint density at radius 1 is 0.871 bits per heavy atom. The number of aliphatic hydroxyl groups excluding tert-OH is 5. The number of nitrogens with two attached hydrogens (primary N) is 2. The molecule has 17 nitrogen and oxygen atoms in total. The molecule has 1 aliphatic carbocycles. The van der Waals surface area contributed by atoms with Gasteiger partial charge in [-0.25, -0.2) is 0 Å². The van der Waals surface area contributed by atoms with Gasteiger partial charge in [0.2, 0.25) is 6.29 Å². The van der Waals surface area contributed by atoms with Gasteiger partial charge in [-0.15, -0.1) is 0 Å². The van der Waals surface area contributed by atoms with Crippen molar-refractivity contribution < 1.29 is 68.8 Å². The predicted molar refractivity (Wildman–Crippen MR) is 223 cm³/mol. The summed E-state index contributed by atoms with van der Waals surface area (Å²) in [5.41, 5.74) is 11.4. The first-order chi connectivity index (χ1) is 29.7. The number of carbonyl (C=O) groups is 4. The molecule has 0 spiro atoms. The molecule has 1 fully saturated rings. The molecule has 5 atom stereocenters. The molecule has 0 radical (unpaired) electrons. The van der Waals surface area contributed by atoms with E-state index in [-0.39, 0.29) is 93.7 Å². The summed E-state index contributed by atoms with van der Waals surface area (Å²) in [6.07, 6.45) is -3.33. The van der Waals surface area contributed by atoms with Crippen LogP contribution in [-0.2, 0) is 40.3 Å². The van der Waals surface area contributed by atoms with E-state index in [0.717, 1.165) is 12.5 Å². The van der Waals surface area contributed by atoms with Crippen molar-refractivity contribution in [1.82, 2.24) is 0 Å². The Bertz CT molecular complexity index is 2440. The van der Waals surface area contributed by atoms with Crippen molar-refractivity contribution in [3.05, 3.63) is 121 Å². The second kappa shape index (κ2) is 19.6. The largest absolute Gasteiger partial charge is 0.507 e. The number of hydrogen-bond acceptors (Lipinski definition) is 15. The first kappa shape index (κ1) is 45.2. The maximum Gasteiger partial charge on any atom is 0.308 e. The number of ketones is 2. The number of guanidine groups is 1. The van der Waals surface area contributed by atoms with E-state index in [9.17, 15) is 49.8 Å². The van der Waals surface area contributed by atoms with Crippen molar-refractivity contribution in [1.29, 1.82) is 0 Å². The molecule has 4 aromatic rings. The number of rotatable bonds is 16. The van der Waals surface area contributed by atoms with E-state index >= 15 is 0 Å². The molecule has 2 aliphatic rings. The minimum atomic E-state index is -1.59. The fourth-order valence-electron chi connectivity index (χ4n) is 7.61. The van der Waals surface area contributed by atoms with Gasteiger partial charge in [-0.05, 0) is 59.4 Å². The third kappa shape index (κ3) is 9.29. The molecular formula is C45H47N3O14. The molecule has 1 saturated heterocycles. The summed E-state index contributed by atoms with van der Waals surface area (Å²) in [4.78, 5) is 58.4. The summed E-state index contributed by atoms with van der Waals surface area (Å²) in [6.45, 7) is 1.03. The zero-order chi connectivity index (χ0) is 44.8. The third-order valence-corrected chi connectivity index (χ3v) is 10.6. The number of aromatic hydroxyl groups is 1. The number of phenols is 1. The van der Waals surface area contributed by atoms with Crippen LogP contribution in [0.4, 0.5) is 0 Å². The Hall–Kier alpha value is -6.31. The van der Waals surface area contributed by atoms with E-state index in [1.807, 2.05) is 6.07 Å². The maximum absolute atomic E-state index is 15.0. The molecule has 17 heteroatoms. The number of esters is 1. The molecule has 1 aliphatic heterocycles. The fourth-order valence-corrected chi connectivity index (χ4v) is 7.61. The van der Waals surface area contributed by atoms with Crippen LogP contribution in [0.25, 0.3) is 12.2 Å². The Kier molecular flexibility index (Phi) is 14.3. The van der Waals surface area contributed by atoms with Gasteiger partial charge in [0.1, 0.15) is 35.6 Å². The van der Waals surface area contributed by atoms with E-state index in [1.165, 1.54) is 31.2 Å². The monoisotopic (exact) mass is 853 g/mol. The first-order valence-corrected chi connectivity index (χ1v) is 19.6. The second-order valence-electron chi connectivity index (χ2n) is 14.7. The van der Waals surface area contributed by atoms with Gasteiger partial charge in [-0.3, -0.25) is 24.2 Å². The van der Waals surface area contributed by atoms with Gasteiger partial charge in [0.05, 0.1) is 38.0 Å². The lowest BCUT2D eigenvalue weighted by Gasteiger charge is -2.41. The summed E-state index contributed by atoms with van der Waals surface area (Å²) < 4.78 is 23.7. The number of nitrogens with zero attached hydrogens (tertiary/aromatic N) is 1. The Balaban J connectivity index is 1.56. The number of ether oxygens (including phenoxy) is 4. The predicted octanol–water partition coefficient (Wildman–Crippen LogP) is 1.69. The maximum atomic E-state index is 15.0. The van der Waals surface area contributed by atoms with Crippen molar-refractivity contribution in [2.24, 2.45) is 16.5 Å². The average molecular weight is 854 g/mol. The Morgan fingerprint density at radius 2 is 1.60 bits per heavy atom. The quantitative estimate of drug-likeness (QED) is 0.0133. The van der Waals surface area contributed by atoms with E-state index in [4.69, 9.17) is 30.4 Å². The van der Waals surface area contributed by atoms with Gasteiger partial charge < -0.3 is 61.1 Å². The van der Waals surface area contributed by atoms with E-state index < -0.39 is 72.8 Å². The number of aliphatic hydroxyl groups is 5. The third-order valence-electron chi connectivity index (χ3n) is 10.6. The van der Waals surface area contributed by atoms with Crippen LogP contribution in [0.5, 0.6) is 17.2 Å². The standard InChI is InChI=1S/C45H47N3O14/c1-22-38(54)42(58)43(59-14-12-48-45(46)47)44(60-22)62-34-18-31-37(39(55)30(34)16-26-7-4-8-27(19-50)32(26)21-52)41(57)35-28(20-51)17-33(61-23(2)53)29(36(35)40(31)56)10-9-24-5-3-6-25(15-24)11-13-49/h3-10,15,17-18,21-22,38,42-44,49-51,54-55,58H,11-14,16,19-20H2,1-2H3,(H4,46,47,48)/b10-9+/t22-,38+,42+,43+,44+/m0/s1. The molecule has 0 bridgehead atoms. The van der Waals surface area contributed by atoms with Crippen molar-refractivity contribution in [2.45, 2.75) is 70.6 Å². The Labute approximate surface area is 355 Å². The fraction of sp³-hybridized carbons (Fsp3) is 0.311. The van der Waals surface area contributed by atoms with Crippen molar-refractivity contribution >= 4 is 41.9 Å². The first-order valence-electron chi connectivity index (χ1n) is 19.6. The zero-order valence-electron chi connectivity index (χ0n) is 33.8. The second-order valence-corrected chi connectivity index (χ2v) is 14.7. The molecule has 0 aromatic heterocycles. The van der Waals surface area contributed by atoms with Crippen molar-refractivity contribution in [2.75, 3.05) is 19.8 Å². The summed E-state index contributed by atoms with van der Waals surface area (Å²) in [7, 11) is 0. The van der Waals surface area contributed by atoms with E-state index in [1.54, 1.807) is 36.4 Å². The molecule has 0 amide bonds. The van der Waals surface area contributed by atoms with Gasteiger partial charge in [0.15, 0.2) is 23.8 Å². The molecule has 1 heterocycles. The lowest BCUT2D eigenvalue weighted by atomic mass is 9.77. The van der Waals surface area contributed by atoms with Crippen LogP contribution in [0.2, 0.25) is 0 Å². The minimum Gasteiger partial charge on any atom is -0.507 e. The molecule has 0 saturated carbocycles. The molecule has 326 valence electrons. The highest BCUT2D eigenvalue weighted by Gasteiger charge is 2.46. The summed E-state index contributed by atoms with van der Waals surface area (Å²) >= 11 is 0. The number of hydrogen-bond donors (Lipinski definition) is 8. The summed E-state index contributed by atoms with van der Waals surface area (Å²) in [5.74, 6) is -3.83. The molecule has 4 aromatic carbocycles. The van der Waals surface area contributed by atoms with Crippen molar-refractivity contribution in [3.8, 4) is 17.2 Å². The van der Waals surface area contributed by atoms with E-state index in [0.29, 0.717) is 18.3 Å². The zero-order valence-corrected chi connectivity index (χ0v) is 33.8.